The molecule has 4 rings (SSSR count). The van der Waals surface area contributed by atoms with E-state index in [0.29, 0.717) is 43.8 Å². The van der Waals surface area contributed by atoms with Crippen molar-refractivity contribution >= 4 is 34.6 Å². The summed E-state index contributed by atoms with van der Waals surface area (Å²) in [4.78, 5) is 25.9. The summed E-state index contributed by atoms with van der Waals surface area (Å²) < 4.78 is 21.6. The Morgan fingerprint density at radius 3 is 1.63 bits per heavy atom. The van der Waals surface area contributed by atoms with Gasteiger partial charge in [0.1, 0.15) is 0 Å². The third-order valence-corrected chi connectivity index (χ3v) is 7.47. The molecule has 4 aromatic carbocycles. The third-order valence-electron chi connectivity index (χ3n) is 7.47. The molecule has 0 heterocycles. The number of anilines is 2. The van der Waals surface area contributed by atoms with Crippen LogP contribution in [0.15, 0.2) is 84.9 Å². The molecule has 2 N–H and O–H groups in total. The van der Waals surface area contributed by atoms with Crippen LogP contribution in [0.25, 0.3) is 11.1 Å². The number of terminal acetylenes is 1. The van der Waals surface area contributed by atoms with Gasteiger partial charge in [-0.2, -0.15) is 0 Å². The van der Waals surface area contributed by atoms with Gasteiger partial charge in [0, 0.05) is 53.2 Å². The van der Waals surface area contributed by atoms with E-state index >= 15 is 0 Å². The Morgan fingerprint density at radius 1 is 0.696 bits per heavy atom. The van der Waals surface area contributed by atoms with Gasteiger partial charge in [0.25, 0.3) is 11.8 Å². The van der Waals surface area contributed by atoms with E-state index in [2.05, 4.69) is 37.7 Å². The van der Waals surface area contributed by atoms with Crippen molar-refractivity contribution in [1.82, 2.24) is 8.97 Å². The lowest BCUT2D eigenvalue weighted by molar-refractivity contribution is 0.101. The second-order valence-electron chi connectivity index (χ2n) is 12.9. The van der Waals surface area contributed by atoms with Crippen LogP contribution in [0.2, 0.25) is 0 Å². The molecular weight excluding hydrogens is 579 g/mol. The summed E-state index contributed by atoms with van der Waals surface area (Å²) in [6.45, 7) is 0.546. The van der Waals surface area contributed by atoms with Crippen LogP contribution >= 0.6 is 0 Å². The molecule has 0 bridgehead atoms. The van der Waals surface area contributed by atoms with Gasteiger partial charge in [0.05, 0.1) is 48.9 Å². The molecule has 0 aromatic heterocycles. The van der Waals surface area contributed by atoms with Crippen LogP contribution in [-0.4, -0.2) is 60.7 Å². The van der Waals surface area contributed by atoms with E-state index in [1.54, 1.807) is 36.4 Å². The highest BCUT2D eigenvalue weighted by Gasteiger charge is 2.21. The molecule has 46 heavy (non-hydrogen) atoms. The number of hydrogen-bond acceptors (Lipinski definition) is 3. The van der Waals surface area contributed by atoms with Crippen LogP contribution in [0.4, 0.5) is 27.1 Å². The summed E-state index contributed by atoms with van der Waals surface area (Å²) in [6, 6.07) is 24.8. The molecule has 0 spiro atoms. The topological polar surface area (TPSA) is 67.4 Å². The number of nitrogens with one attached hydrogen (secondary N) is 2. The quantitative estimate of drug-likeness (QED) is 0.0973. The zero-order valence-corrected chi connectivity index (χ0v) is 27.5. The van der Waals surface area contributed by atoms with Gasteiger partial charge in [-0.1, -0.05) is 24.3 Å². The second kappa shape index (κ2) is 14.4. The Morgan fingerprint density at radius 2 is 1.17 bits per heavy atom. The van der Waals surface area contributed by atoms with Gasteiger partial charge in [-0.05, 0) is 60.4 Å². The molecule has 2 amide bonds. The van der Waals surface area contributed by atoms with Crippen LogP contribution in [0.1, 0.15) is 40.0 Å². The van der Waals surface area contributed by atoms with Crippen LogP contribution in [-0.2, 0) is 0 Å². The van der Waals surface area contributed by atoms with Crippen LogP contribution in [0.3, 0.4) is 0 Å². The normalized spacial score (nSPS) is 11.4. The first-order valence-corrected chi connectivity index (χ1v) is 15.2. The van der Waals surface area contributed by atoms with E-state index < -0.39 is 0 Å². The van der Waals surface area contributed by atoms with Crippen molar-refractivity contribution in [2.75, 3.05) is 59.5 Å². The first-order valence-electron chi connectivity index (χ1n) is 15.2. The predicted octanol–water partition coefficient (Wildman–Crippen LogP) is 7.57. The van der Waals surface area contributed by atoms with E-state index in [1.807, 2.05) is 63.6 Å². The second-order valence-corrected chi connectivity index (χ2v) is 12.9. The van der Waals surface area contributed by atoms with Crippen molar-refractivity contribution in [3.63, 3.8) is 0 Å². The number of unbranched alkanes of at least 4 members (excludes halogenated alkanes) is 2. The average Bonchev–Trinajstić information content (AvgIpc) is 3.00. The van der Waals surface area contributed by atoms with Crippen molar-refractivity contribution in [2.45, 2.75) is 19.3 Å². The monoisotopic (exact) mass is 622 g/mol. The van der Waals surface area contributed by atoms with Gasteiger partial charge in [0.15, 0.2) is 22.9 Å². The van der Waals surface area contributed by atoms with Gasteiger partial charge < -0.3 is 15.4 Å². The number of quaternary nitrogens is 2. The van der Waals surface area contributed by atoms with E-state index in [-0.39, 0.29) is 17.6 Å². The third kappa shape index (κ3) is 8.81. The van der Waals surface area contributed by atoms with E-state index in [1.165, 1.54) is 6.07 Å². The van der Waals surface area contributed by atoms with Gasteiger partial charge in [-0.15, -0.1) is 12.3 Å². The smallest absolute Gasteiger partial charge is 0.255 e. The molecule has 0 atom stereocenters. The summed E-state index contributed by atoms with van der Waals surface area (Å²) >= 11 is 0. The largest absolute Gasteiger partial charge is 0.487 e. The molecule has 8 heteroatoms. The van der Waals surface area contributed by atoms with Crippen LogP contribution in [0.5, 0.6) is 5.75 Å². The molecular formula is C38H43FN4O3+2. The zero-order valence-electron chi connectivity index (χ0n) is 27.5. The van der Waals surface area contributed by atoms with Gasteiger partial charge >= 0.3 is 0 Å². The first kappa shape index (κ1) is 33.9. The maximum Gasteiger partial charge on any atom is 0.255 e. The van der Waals surface area contributed by atoms with Crippen molar-refractivity contribution in [1.29, 1.82) is 0 Å². The maximum absolute atomic E-state index is 14.6. The van der Waals surface area contributed by atoms with Crippen LogP contribution < -0.4 is 24.3 Å². The number of nitrogens with zero attached hydrogens (tertiary/aromatic N) is 2. The molecule has 0 aliphatic rings. The molecule has 0 saturated carbocycles. The number of rotatable bonds is 12. The minimum atomic E-state index is -0.378. The summed E-state index contributed by atoms with van der Waals surface area (Å²) in [7, 11) is 11.8. The number of benzene rings is 4. The molecule has 0 unspecified atom stereocenters. The standard InChI is InChI=1S/C38H41FN4O3/c1-8-9-10-11-24-46-36-26-32(21-23-35(36)43(5,6)7)41-38(45)30-18-14-28(15-19-30)27-12-16-29(17-13-27)37(44)40-31-20-22-34(33(39)25-31)42(2,3)4/h1,12-23,25-26H,9-11,24H2,2-7H3/p+2. The van der Waals surface area contributed by atoms with E-state index in [9.17, 15) is 14.0 Å². The van der Waals surface area contributed by atoms with Crippen molar-refractivity contribution in [3.8, 4) is 29.2 Å². The number of ether oxygens (including phenoxy) is 1. The van der Waals surface area contributed by atoms with Crippen LogP contribution in [0, 0.1) is 18.2 Å². The Hall–Kier alpha value is -4.97. The van der Waals surface area contributed by atoms with Crippen molar-refractivity contribution in [3.05, 3.63) is 102 Å². The number of carbonyl (C=O) groups is 2. The van der Waals surface area contributed by atoms with Gasteiger partial charge in [-0.25, -0.2) is 4.39 Å². The number of carbonyl (C=O) groups excluding carboxylic acids is 2. The molecule has 4 aromatic rings. The highest BCUT2D eigenvalue weighted by atomic mass is 19.1. The minimum absolute atomic E-state index is 0.234. The zero-order chi connectivity index (χ0) is 33.5. The SMILES string of the molecule is C#CCCCCOc1cc(NC(=O)c2ccc(-c3ccc(C(=O)Nc4ccc([N+](C)(C)C)c(F)c4)cc3)cc2)ccc1[N+](C)(C)C. The Kier molecular flexibility index (Phi) is 10.6. The van der Waals surface area contributed by atoms with Crippen molar-refractivity contribution < 1.29 is 18.7 Å². The average molecular weight is 623 g/mol. The molecule has 238 valence electrons. The molecule has 0 aliphatic carbocycles. The molecule has 0 aliphatic heterocycles. The fourth-order valence-electron chi connectivity index (χ4n) is 4.94. The van der Waals surface area contributed by atoms with E-state index in [0.717, 1.165) is 41.8 Å². The highest BCUT2D eigenvalue weighted by molar-refractivity contribution is 6.05. The fraction of sp³-hybridized carbons (Fsp3) is 0.263. The lowest BCUT2D eigenvalue weighted by Gasteiger charge is -2.26. The van der Waals surface area contributed by atoms with Gasteiger partial charge in [0.2, 0.25) is 0 Å². The Bertz CT molecular complexity index is 1730. The molecule has 0 fully saturated rings. The van der Waals surface area contributed by atoms with Gasteiger partial charge in [-0.3, -0.25) is 18.6 Å². The lowest BCUT2D eigenvalue weighted by Crippen LogP contribution is -2.35. The number of hydrogen-bond donors (Lipinski definition) is 2. The number of halogens is 1. The molecule has 7 nitrogen and oxygen atoms in total. The molecule has 0 saturated heterocycles. The highest BCUT2D eigenvalue weighted by Crippen LogP contribution is 2.34. The maximum atomic E-state index is 14.6. The fourth-order valence-corrected chi connectivity index (χ4v) is 4.94. The summed E-state index contributed by atoms with van der Waals surface area (Å²) in [5.41, 5.74) is 5.32. The predicted molar refractivity (Wildman–Crippen MR) is 188 cm³/mol. The summed E-state index contributed by atoms with van der Waals surface area (Å²) in [5.74, 6) is 2.43. The summed E-state index contributed by atoms with van der Waals surface area (Å²) in [6.07, 6.45) is 7.83. The van der Waals surface area contributed by atoms with E-state index in [4.69, 9.17) is 11.2 Å². The minimum Gasteiger partial charge on any atom is -0.487 e. The first-order chi connectivity index (χ1) is 21.8. The Balaban J connectivity index is 1.40. The van der Waals surface area contributed by atoms with Crippen molar-refractivity contribution in [2.24, 2.45) is 0 Å². The molecule has 0 radical (unpaired) electrons. The summed E-state index contributed by atoms with van der Waals surface area (Å²) in [5, 5.41) is 5.74. The Labute approximate surface area is 271 Å². The lowest BCUT2D eigenvalue weighted by atomic mass is 10.0. The number of amides is 2.